The molecule has 0 aliphatic carbocycles. The largest absolute Gasteiger partial charge is 0.397 e. The molecule has 1 aliphatic rings. The van der Waals surface area contributed by atoms with Crippen molar-refractivity contribution in [1.82, 2.24) is 4.98 Å². The van der Waals surface area contributed by atoms with Crippen molar-refractivity contribution in [3.63, 3.8) is 0 Å². The van der Waals surface area contributed by atoms with Crippen molar-refractivity contribution in [3.8, 4) is 0 Å². The quantitative estimate of drug-likeness (QED) is 0.751. The Balaban J connectivity index is 2.11. The van der Waals surface area contributed by atoms with Gasteiger partial charge in [-0.2, -0.15) is 0 Å². The van der Waals surface area contributed by atoms with E-state index in [0.29, 0.717) is 0 Å². The molecule has 3 N–H and O–H groups in total. The third kappa shape index (κ3) is 2.27. The minimum Gasteiger partial charge on any atom is -0.397 e. The molecule has 1 aromatic heterocycles. The molecule has 0 bridgehead atoms. The normalized spacial score (nSPS) is 19.8. The first-order valence-corrected chi connectivity index (χ1v) is 5.67. The smallest absolute Gasteiger partial charge is 0.128 e. The fraction of sp³-hybridized carbons (Fsp3) is 0.583. The molecule has 88 valence electrons. The lowest BCUT2D eigenvalue weighted by Crippen LogP contribution is -2.42. The van der Waals surface area contributed by atoms with Gasteiger partial charge >= 0.3 is 0 Å². The molecule has 2 heterocycles. The van der Waals surface area contributed by atoms with E-state index in [1.165, 1.54) is 0 Å². The van der Waals surface area contributed by atoms with E-state index in [-0.39, 0.29) is 0 Å². The fourth-order valence-corrected chi connectivity index (χ4v) is 1.94. The molecular weight excluding hydrogens is 202 g/mol. The average molecular weight is 221 g/mol. The maximum atomic E-state index is 9.87. The van der Waals surface area contributed by atoms with Crippen molar-refractivity contribution >= 4 is 11.5 Å². The van der Waals surface area contributed by atoms with Crippen LogP contribution in [0.15, 0.2) is 12.3 Å². The number of aromatic nitrogens is 1. The Kier molecular flexibility index (Phi) is 2.76. The summed E-state index contributed by atoms with van der Waals surface area (Å²) < 4.78 is 0. The second-order valence-corrected chi connectivity index (χ2v) is 4.88. The minimum atomic E-state index is -0.515. The monoisotopic (exact) mass is 221 g/mol. The van der Waals surface area contributed by atoms with Crippen LogP contribution in [0.2, 0.25) is 0 Å². The summed E-state index contributed by atoms with van der Waals surface area (Å²) in [6, 6.07) is 2.01. The van der Waals surface area contributed by atoms with E-state index in [4.69, 9.17) is 5.73 Å². The van der Waals surface area contributed by atoms with Gasteiger partial charge in [0, 0.05) is 13.1 Å². The molecule has 16 heavy (non-hydrogen) atoms. The van der Waals surface area contributed by atoms with Crippen LogP contribution in [0.1, 0.15) is 25.3 Å². The predicted octanol–water partition coefficient (Wildman–Crippen LogP) is 1.32. The van der Waals surface area contributed by atoms with Crippen LogP contribution in [-0.4, -0.2) is 28.8 Å². The van der Waals surface area contributed by atoms with Crippen LogP contribution in [0.25, 0.3) is 0 Å². The summed E-state index contributed by atoms with van der Waals surface area (Å²) in [6.45, 7) is 5.58. The maximum Gasteiger partial charge on any atom is 0.128 e. The lowest BCUT2D eigenvalue weighted by molar-refractivity contribution is 0.0350. The summed E-state index contributed by atoms with van der Waals surface area (Å²) >= 11 is 0. The Morgan fingerprint density at radius 1 is 1.44 bits per heavy atom. The van der Waals surface area contributed by atoms with E-state index in [1.54, 1.807) is 6.20 Å². The number of aryl methyl sites for hydroxylation is 1. The van der Waals surface area contributed by atoms with Crippen LogP contribution in [0.3, 0.4) is 0 Å². The highest BCUT2D eigenvalue weighted by Crippen LogP contribution is 2.25. The highest BCUT2D eigenvalue weighted by atomic mass is 16.3. The topological polar surface area (TPSA) is 62.4 Å². The van der Waals surface area contributed by atoms with Crippen LogP contribution in [0.5, 0.6) is 0 Å². The van der Waals surface area contributed by atoms with Crippen LogP contribution in [0, 0.1) is 6.92 Å². The average Bonchev–Trinajstić information content (AvgIpc) is 2.22. The van der Waals surface area contributed by atoms with Crippen molar-refractivity contribution in [3.05, 3.63) is 17.8 Å². The standard InChI is InChI=1S/C12H19N3O/c1-9-7-11(14-8-10(9)13)15-5-3-12(2,16)4-6-15/h7-8,16H,3-6,13H2,1-2H3. The SMILES string of the molecule is Cc1cc(N2CCC(C)(O)CC2)ncc1N. The summed E-state index contributed by atoms with van der Waals surface area (Å²) in [5, 5.41) is 9.87. The molecular formula is C12H19N3O. The molecule has 0 aromatic carbocycles. The zero-order valence-electron chi connectivity index (χ0n) is 9.90. The Morgan fingerprint density at radius 3 is 2.62 bits per heavy atom. The van der Waals surface area contributed by atoms with E-state index in [2.05, 4.69) is 9.88 Å². The summed E-state index contributed by atoms with van der Waals surface area (Å²) in [5.74, 6) is 0.960. The van der Waals surface area contributed by atoms with Crippen LogP contribution in [0.4, 0.5) is 11.5 Å². The second kappa shape index (κ2) is 3.94. The number of nitrogens with zero attached hydrogens (tertiary/aromatic N) is 2. The van der Waals surface area contributed by atoms with Gasteiger partial charge in [-0.25, -0.2) is 4.98 Å². The van der Waals surface area contributed by atoms with E-state index in [1.807, 2.05) is 19.9 Å². The number of anilines is 2. The number of nitrogens with two attached hydrogens (primary N) is 1. The van der Waals surface area contributed by atoms with Crippen LogP contribution in [-0.2, 0) is 0 Å². The molecule has 0 atom stereocenters. The van der Waals surface area contributed by atoms with E-state index in [9.17, 15) is 5.11 Å². The molecule has 0 saturated carbocycles. The molecule has 4 heteroatoms. The molecule has 1 fully saturated rings. The summed E-state index contributed by atoms with van der Waals surface area (Å²) in [6.07, 6.45) is 3.29. The van der Waals surface area contributed by atoms with E-state index in [0.717, 1.165) is 43.0 Å². The van der Waals surface area contributed by atoms with Crippen molar-refractivity contribution in [2.45, 2.75) is 32.3 Å². The highest BCUT2D eigenvalue weighted by molar-refractivity contribution is 5.52. The lowest BCUT2D eigenvalue weighted by Gasteiger charge is -2.36. The number of pyridine rings is 1. The van der Waals surface area contributed by atoms with Crippen LogP contribution >= 0.6 is 0 Å². The molecule has 1 aliphatic heterocycles. The van der Waals surface area contributed by atoms with E-state index >= 15 is 0 Å². The zero-order valence-corrected chi connectivity index (χ0v) is 9.90. The molecule has 4 nitrogen and oxygen atoms in total. The van der Waals surface area contributed by atoms with Gasteiger partial charge in [0.05, 0.1) is 17.5 Å². The lowest BCUT2D eigenvalue weighted by atomic mass is 9.94. The van der Waals surface area contributed by atoms with Gasteiger partial charge in [0.15, 0.2) is 0 Å². The molecule has 0 spiro atoms. The zero-order chi connectivity index (χ0) is 11.8. The number of aliphatic hydroxyl groups is 1. The Labute approximate surface area is 96.1 Å². The van der Waals surface area contributed by atoms with Gasteiger partial charge in [-0.3, -0.25) is 0 Å². The van der Waals surface area contributed by atoms with Gasteiger partial charge in [0.1, 0.15) is 5.82 Å². The number of rotatable bonds is 1. The van der Waals surface area contributed by atoms with E-state index < -0.39 is 5.60 Å². The predicted molar refractivity (Wildman–Crippen MR) is 65.5 cm³/mol. The summed E-state index contributed by atoms with van der Waals surface area (Å²) in [7, 11) is 0. The molecule has 2 rings (SSSR count). The third-order valence-corrected chi connectivity index (χ3v) is 3.30. The number of hydrogen-bond acceptors (Lipinski definition) is 4. The molecule has 0 unspecified atom stereocenters. The van der Waals surface area contributed by atoms with Crippen molar-refractivity contribution in [2.75, 3.05) is 23.7 Å². The molecule has 1 saturated heterocycles. The fourth-order valence-electron chi connectivity index (χ4n) is 1.94. The van der Waals surface area contributed by atoms with Gasteiger partial charge in [0.2, 0.25) is 0 Å². The van der Waals surface area contributed by atoms with Gasteiger partial charge in [-0.1, -0.05) is 0 Å². The first kappa shape index (κ1) is 11.2. The Hall–Kier alpha value is -1.29. The maximum absolute atomic E-state index is 9.87. The van der Waals surface area contributed by atoms with Crippen molar-refractivity contribution in [2.24, 2.45) is 0 Å². The third-order valence-electron chi connectivity index (χ3n) is 3.30. The highest BCUT2D eigenvalue weighted by Gasteiger charge is 2.27. The number of nitrogen functional groups attached to an aromatic ring is 1. The summed E-state index contributed by atoms with van der Waals surface area (Å²) in [5.41, 5.74) is 7.01. The van der Waals surface area contributed by atoms with Crippen molar-refractivity contribution in [1.29, 1.82) is 0 Å². The Bertz CT molecular complexity index is 380. The summed E-state index contributed by atoms with van der Waals surface area (Å²) in [4.78, 5) is 6.53. The first-order valence-electron chi connectivity index (χ1n) is 5.67. The molecule has 0 radical (unpaired) electrons. The van der Waals surface area contributed by atoms with Crippen molar-refractivity contribution < 1.29 is 5.11 Å². The first-order chi connectivity index (χ1) is 7.48. The van der Waals surface area contributed by atoms with Gasteiger partial charge in [0.25, 0.3) is 0 Å². The number of piperidine rings is 1. The molecule has 1 aromatic rings. The molecule has 0 amide bonds. The van der Waals surface area contributed by atoms with Gasteiger partial charge in [-0.05, 0) is 38.3 Å². The second-order valence-electron chi connectivity index (χ2n) is 4.88. The minimum absolute atomic E-state index is 0.515. The van der Waals surface area contributed by atoms with Crippen LogP contribution < -0.4 is 10.6 Å². The Morgan fingerprint density at radius 2 is 2.06 bits per heavy atom. The van der Waals surface area contributed by atoms with Gasteiger partial charge in [-0.15, -0.1) is 0 Å². The number of hydrogen-bond donors (Lipinski definition) is 2. The van der Waals surface area contributed by atoms with Gasteiger partial charge < -0.3 is 15.7 Å².